The quantitative estimate of drug-likeness (QED) is 0.734. The summed E-state index contributed by atoms with van der Waals surface area (Å²) in [5.74, 6) is -1.53. The number of aromatic nitrogens is 2. The number of carbonyl (C=O) groups is 2. The standard InChI is InChI=1S/C13H13N3O3/c1-7(8(2)13(18)19)12(17)15-10-4-3-9-6-14-16-11(9)5-10/h3-6H,1-2H3,(H,14,16)(H,15,17)(H,18,19). The number of nitrogens with zero attached hydrogens (tertiary/aromatic N) is 1. The average Bonchev–Trinajstić information content (AvgIpc) is 2.84. The second-order valence-electron chi connectivity index (χ2n) is 4.18. The molecule has 0 aliphatic rings. The van der Waals surface area contributed by atoms with Crippen LogP contribution in [0.1, 0.15) is 13.8 Å². The van der Waals surface area contributed by atoms with Crippen molar-refractivity contribution in [3.05, 3.63) is 35.5 Å². The van der Waals surface area contributed by atoms with Crippen molar-refractivity contribution in [1.82, 2.24) is 10.2 Å². The third-order valence-corrected chi connectivity index (χ3v) is 2.92. The second-order valence-corrected chi connectivity index (χ2v) is 4.18. The van der Waals surface area contributed by atoms with Crippen molar-refractivity contribution in [3.63, 3.8) is 0 Å². The van der Waals surface area contributed by atoms with E-state index >= 15 is 0 Å². The van der Waals surface area contributed by atoms with Gasteiger partial charge in [0.05, 0.1) is 11.7 Å². The molecule has 1 amide bonds. The van der Waals surface area contributed by atoms with Gasteiger partial charge in [-0.15, -0.1) is 0 Å². The van der Waals surface area contributed by atoms with E-state index in [-0.39, 0.29) is 11.1 Å². The molecule has 0 saturated heterocycles. The molecule has 6 nitrogen and oxygen atoms in total. The van der Waals surface area contributed by atoms with Crippen molar-refractivity contribution < 1.29 is 14.7 Å². The maximum atomic E-state index is 11.9. The smallest absolute Gasteiger partial charge is 0.331 e. The van der Waals surface area contributed by atoms with Crippen molar-refractivity contribution in [2.24, 2.45) is 0 Å². The molecule has 3 N–H and O–H groups in total. The largest absolute Gasteiger partial charge is 0.478 e. The topological polar surface area (TPSA) is 95.1 Å². The maximum Gasteiger partial charge on any atom is 0.331 e. The van der Waals surface area contributed by atoms with Crippen molar-refractivity contribution in [1.29, 1.82) is 0 Å². The van der Waals surface area contributed by atoms with E-state index in [2.05, 4.69) is 15.5 Å². The number of hydrogen-bond donors (Lipinski definition) is 3. The summed E-state index contributed by atoms with van der Waals surface area (Å²) in [4.78, 5) is 22.7. The Bertz CT molecular complexity index is 685. The van der Waals surface area contributed by atoms with E-state index in [0.717, 1.165) is 10.9 Å². The van der Waals surface area contributed by atoms with Crippen LogP contribution in [0.5, 0.6) is 0 Å². The summed E-state index contributed by atoms with van der Waals surface area (Å²) in [5.41, 5.74) is 1.59. The Kier molecular flexibility index (Phi) is 3.33. The van der Waals surface area contributed by atoms with Gasteiger partial charge >= 0.3 is 5.97 Å². The fourth-order valence-electron chi connectivity index (χ4n) is 1.57. The molecule has 0 spiro atoms. The van der Waals surface area contributed by atoms with E-state index in [1.54, 1.807) is 18.3 Å². The lowest BCUT2D eigenvalue weighted by atomic mass is 10.1. The first-order valence-electron chi connectivity index (χ1n) is 5.64. The van der Waals surface area contributed by atoms with E-state index in [9.17, 15) is 9.59 Å². The molecule has 1 aromatic carbocycles. The number of carbonyl (C=O) groups excluding carboxylic acids is 1. The maximum absolute atomic E-state index is 11.9. The number of rotatable bonds is 3. The third kappa shape index (κ3) is 2.62. The highest BCUT2D eigenvalue weighted by Gasteiger charge is 2.12. The number of aromatic amines is 1. The number of aliphatic carboxylic acids is 1. The van der Waals surface area contributed by atoms with E-state index in [1.807, 2.05) is 6.07 Å². The van der Waals surface area contributed by atoms with Crippen LogP contribution in [0, 0.1) is 0 Å². The fraction of sp³-hybridized carbons (Fsp3) is 0.154. The Morgan fingerprint density at radius 1 is 1.26 bits per heavy atom. The summed E-state index contributed by atoms with van der Waals surface area (Å²) in [6.45, 7) is 2.88. The van der Waals surface area contributed by atoms with Gasteiger partial charge in [-0.2, -0.15) is 5.10 Å². The minimum atomic E-state index is -1.10. The predicted molar refractivity (Wildman–Crippen MR) is 70.7 cm³/mol. The SMILES string of the molecule is CC(C(=O)O)=C(C)C(=O)Nc1ccc2cn[nH]c2c1. The molecule has 0 unspecified atom stereocenters. The molecule has 2 aromatic rings. The first-order valence-corrected chi connectivity index (χ1v) is 5.64. The molecular formula is C13H13N3O3. The van der Waals surface area contributed by atoms with Gasteiger partial charge < -0.3 is 10.4 Å². The summed E-state index contributed by atoms with van der Waals surface area (Å²) in [6, 6.07) is 5.29. The first kappa shape index (κ1) is 12.8. The zero-order valence-corrected chi connectivity index (χ0v) is 10.5. The van der Waals surface area contributed by atoms with Crippen LogP contribution in [-0.4, -0.2) is 27.2 Å². The lowest BCUT2D eigenvalue weighted by Gasteiger charge is -2.07. The summed E-state index contributed by atoms with van der Waals surface area (Å²) in [6.07, 6.45) is 1.68. The van der Waals surface area contributed by atoms with Crippen molar-refractivity contribution in [2.45, 2.75) is 13.8 Å². The van der Waals surface area contributed by atoms with Crippen LogP contribution in [0.25, 0.3) is 10.9 Å². The first-order chi connectivity index (χ1) is 8.99. The molecule has 2 rings (SSSR count). The van der Waals surface area contributed by atoms with Gasteiger partial charge in [-0.05, 0) is 32.0 Å². The molecule has 1 aromatic heterocycles. The van der Waals surface area contributed by atoms with Gasteiger partial charge in [0.1, 0.15) is 0 Å². The second kappa shape index (κ2) is 4.93. The van der Waals surface area contributed by atoms with Crippen LogP contribution in [-0.2, 0) is 9.59 Å². The molecule has 0 aliphatic carbocycles. The van der Waals surface area contributed by atoms with Crippen LogP contribution in [0.4, 0.5) is 5.69 Å². The molecule has 0 radical (unpaired) electrons. The van der Waals surface area contributed by atoms with Gasteiger partial charge in [-0.25, -0.2) is 4.79 Å². The molecule has 0 aliphatic heterocycles. The highest BCUT2D eigenvalue weighted by Crippen LogP contribution is 2.17. The van der Waals surface area contributed by atoms with Crippen LogP contribution in [0.3, 0.4) is 0 Å². The summed E-state index contributed by atoms with van der Waals surface area (Å²) < 4.78 is 0. The normalized spacial score (nSPS) is 12.1. The number of H-pyrrole nitrogens is 1. The zero-order valence-electron chi connectivity index (χ0n) is 10.5. The Morgan fingerprint density at radius 2 is 2.00 bits per heavy atom. The van der Waals surface area contributed by atoms with Crippen molar-refractivity contribution in [2.75, 3.05) is 5.32 Å². The molecular weight excluding hydrogens is 246 g/mol. The van der Waals surface area contributed by atoms with Crippen LogP contribution < -0.4 is 5.32 Å². The van der Waals surface area contributed by atoms with E-state index in [0.29, 0.717) is 5.69 Å². The minimum Gasteiger partial charge on any atom is -0.478 e. The molecule has 6 heteroatoms. The molecule has 0 saturated carbocycles. The minimum absolute atomic E-state index is 0.0279. The highest BCUT2D eigenvalue weighted by molar-refractivity contribution is 6.08. The number of nitrogens with one attached hydrogen (secondary N) is 2. The molecule has 1 heterocycles. The lowest BCUT2D eigenvalue weighted by Crippen LogP contribution is -2.16. The van der Waals surface area contributed by atoms with Gasteiger partial charge in [0, 0.05) is 22.2 Å². The number of amides is 1. The Balaban J connectivity index is 2.23. The Morgan fingerprint density at radius 3 is 2.68 bits per heavy atom. The van der Waals surface area contributed by atoms with E-state index in [4.69, 9.17) is 5.11 Å². The Labute approximate surface area is 109 Å². The zero-order chi connectivity index (χ0) is 14.0. The van der Waals surface area contributed by atoms with E-state index in [1.165, 1.54) is 13.8 Å². The number of anilines is 1. The van der Waals surface area contributed by atoms with E-state index < -0.39 is 11.9 Å². The molecule has 0 fully saturated rings. The van der Waals surface area contributed by atoms with Gasteiger partial charge in [-0.3, -0.25) is 9.89 Å². The van der Waals surface area contributed by atoms with Crippen molar-refractivity contribution in [3.8, 4) is 0 Å². The molecule has 19 heavy (non-hydrogen) atoms. The van der Waals surface area contributed by atoms with Crippen LogP contribution >= 0.6 is 0 Å². The van der Waals surface area contributed by atoms with Crippen LogP contribution in [0.15, 0.2) is 35.5 Å². The van der Waals surface area contributed by atoms with Gasteiger partial charge in [0.2, 0.25) is 0 Å². The molecule has 0 bridgehead atoms. The summed E-state index contributed by atoms with van der Waals surface area (Å²) in [7, 11) is 0. The number of benzene rings is 1. The number of hydrogen-bond acceptors (Lipinski definition) is 3. The number of carboxylic acids is 1. The van der Waals surface area contributed by atoms with Crippen molar-refractivity contribution >= 4 is 28.5 Å². The summed E-state index contributed by atoms with van der Waals surface area (Å²) in [5, 5.41) is 19.1. The van der Waals surface area contributed by atoms with Gasteiger partial charge in [0.25, 0.3) is 5.91 Å². The Hall–Kier alpha value is -2.63. The lowest BCUT2D eigenvalue weighted by molar-refractivity contribution is -0.133. The highest BCUT2D eigenvalue weighted by atomic mass is 16.4. The fourth-order valence-corrected chi connectivity index (χ4v) is 1.57. The van der Waals surface area contributed by atoms with Gasteiger partial charge in [0.15, 0.2) is 0 Å². The van der Waals surface area contributed by atoms with Crippen LogP contribution in [0.2, 0.25) is 0 Å². The average molecular weight is 259 g/mol. The summed E-state index contributed by atoms with van der Waals surface area (Å²) >= 11 is 0. The molecule has 98 valence electrons. The van der Waals surface area contributed by atoms with Gasteiger partial charge in [-0.1, -0.05) is 0 Å². The predicted octanol–water partition coefficient (Wildman–Crippen LogP) is 1.92. The number of carboxylic acid groups (broad SMARTS) is 1. The number of fused-ring (bicyclic) bond motifs is 1. The monoisotopic (exact) mass is 259 g/mol. The third-order valence-electron chi connectivity index (χ3n) is 2.92. The molecule has 0 atom stereocenters.